The first-order valence-corrected chi connectivity index (χ1v) is 11.8. The molecule has 0 saturated carbocycles. The zero-order valence-corrected chi connectivity index (χ0v) is 19.9. The lowest BCUT2D eigenvalue weighted by molar-refractivity contribution is 0.0679. The number of nitrogens with one attached hydrogen (secondary N) is 1. The molecule has 180 valence electrons. The summed E-state index contributed by atoms with van der Waals surface area (Å²) in [6.45, 7) is 5.32. The second kappa shape index (κ2) is 10.2. The standard InChI is InChI=1S/C28H28N2O5/c1-18-26(19(2)35-30-18)17-34-27-15-21-7-4-3-6-20(21)14-25(27)28(31)29-22-9-11-23(12-10-22)33-16-24-8-5-13-32-24/h3-4,6-7,9-12,14-15,24H,5,8,13,16-17H2,1-2H3,(H,29,31). The van der Waals surface area contributed by atoms with Gasteiger partial charge in [0.05, 0.1) is 22.9 Å². The third kappa shape index (κ3) is 5.30. The molecule has 0 spiro atoms. The van der Waals surface area contributed by atoms with Crippen molar-refractivity contribution in [3.63, 3.8) is 0 Å². The molecule has 0 radical (unpaired) electrons. The van der Waals surface area contributed by atoms with Crippen LogP contribution in [0.3, 0.4) is 0 Å². The number of benzene rings is 3. The zero-order chi connectivity index (χ0) is 24.2. The first-order chi connectivity index (χ1) is 17.1. The van der Waals surface area contributed by atoms with Crippen molar-refractivity contribution in [3.05, 3.63) is 83.2 Å². The first-order valence-electron chi connectivity index (χ1n) is 11.8. The molecule has 3 aromatic carbocycles. The van der Waals surface area contributed by atoms with Gasteiger partial charge < -0.3 is 24.1 Å². The van der Waals surface area contributed by atoms with Crippen LogP contribution in [0.1, 0.15) is 40.2 Å². The first kappa shape index (κ1) is 22.9. The lowest BCUT2D eigenvalue weighted by atomic mass is 10.0. The Morgan fingerprint density at radius 2 is 1.83 bits per heavy atom. The number of rotatable bonds is 8. The van der Waals surface area contributed by atoms with Crippen LogP contribution in [0.15, 0.2) is 65.2 Å². The van der Waals surface area contributed by atoms with E-state index >= 15 is 0 Å². The van der Waals surface area contributed by atoms with E-state index in [1.165, 1.54) is 0 Å². The van der Waals surface area contributed by atoms with Gasteiger partial charge in [-0.25, -0.2) is 0 Å². The second-order valence-electron chi connectivity index (χ2n) is 8.71. The van der Waals surface area contributed by atoms with Crippen molar-refractivity contribution in [2.24, 2.45) is 0 Å². The van der Waals surface area contributed by atoms with Crippen molar-refractivity contribution < 1.29 is 23.5 Å². The third-order valence-corrected chi connectivity index (χ3v) is 6.22. The number of carbonyl (C=O) groups is 1. The Bertz CT molecular complexity index is 1300. The number of hydrogen-bond acceptors (Lipinski definition) is 6. The van der Waals surface area contributed by atoms with Crippen LogP contribution < -0.4 is 14.8 Å². The normalized spacial score (nSPS) is 15.3. The van der Waals surface area contributed by atoms with E-state index in [1.807, 2.05) is 74.5 Å². The van der Waals surface area contributed by atoms with Crippen molar-refractivity contribution >= 4 is 22.4 Å². The number of fused-ring (bicyclic) bond motifs is 1. The summed E-state index contributed by atoms with van der Waals surface area (Å²) in [5, 5.41) is 8.91. The van der Waals surface area contributed by atoms with E-state index < -0.39 is 0 Å². The number of hydrogen-bond donors (Lipinski definition) is 1. The maximum absolute atomic E-state index is 13.3. The number of aryl methyl sites for hydroxylation is 2. The fraction of sp³-hybridized carbons (Fsp3) is 0.286. The highest BCUT2D eigenvalue weighted by molar-refractivity contribution is 6.08. The van der Waals surface area contributed by atoms with Crippen LogP contribution in [0.25, 0.3) is 10.8 Å². The monoisotopic (exact) mass is 472 g/mol. The highest BCUT2D eigenvalue weighted by Gasteiger charge is 2.18. The van der Waals surface area contributed by atoms with Crippen LogP contribution in [0.4, 0.5) is 5.69 Å². The number of ether oxygens (including phenoxy) is 3. The lowest BCUT2D eigenvalue weighted by Gasteiger charge is -2.14. The van der Waals surface area contributed by atoms with Crippen LogP contribution >= 0.6 is 0 Å². The van der Waals surface area contributed by atoms with Gasteiger partial charge in [-0.1, -0.05) is 29.4 Å². The summed E-state index contributed by atoms with van der Waals surface area (Å²) in [6.07, 6.45) is 2.27. The fourth-order valence-electron chi connectivity index (χ4n) is 4.17. The van der Waals surface area contributed by atoms with Crippen molar-refractivity contribution in [3.8, 4) is 11.5 Å². The van der Waals surface area contributed by atoms with Crippen molar-refractivity contribution in [1.82, 2.24) is 5.16 Å². The van der Waals surface area contributed by atoms with Gasteiger partial charge in [0, 0.05) is 12.3 Å². The van der Waals surface area contributed by atoms with E-state index in [4.69, 9.17) is 18.7 Å². The van der Waals surface area contributed by atoms with E-state index in [9.17, 15) is 4.79 Å². The summed E-state index contributed by atoms with van der Waals surface area (Å²) in [6, 6.07) is 19.0. The minimum absolute atomic E-state index is 0.158. The molecule has 1 aromatic heterocycles. The number of anilines is 1. The van der Waals surface area contributed by atoms with Crippen molar-refractivity contribution in [2.75, 3.05) is 18.5 Å². The molecule has 2 heterocycles. The van der Waals surface area contributed by atoms with Gasteiger partial charge in [-0.2, -0.15) is 0 Å². The van der Waals surface area contributed by atoms with Crippen molar-refractivity contribution in [2.45, 2.75) is 39.4 Å². The van der Waals surface area contributed by atoms with E-state index in [0.717, 1.165) is 47.2 Å². The predicted molar refractivity (Wildman–Crippen MR) is 133 cm³/mol. The van der Waals surface area contributed by atoms with E-state index in [0.29, 0.717) is 29.4 Å². The molecule has 1 saturated heterocycles. The molecule has 4 aromatic rings. The van der Waals surface area contributed by atoms with Gasteiger partial charge in [-0.05, 0) is 73.9 Å². The second-order valence-corrected chi connectivity index (χ2v) is 8.71. The Balaban J connectivity index is 1.32. The number of aromatic nitrogens is 1. The molecule has 1 fully saturated rings. The molecule has 35 heavy (non-hydrogen) atoms. The van der Waals surface area contributed by atoms with Gasteiger partial charge >= 0.3 is 0 Å². The van der Waals surface area contributed by atoms with Gasteiger partial charge in [0.2, 0.25) is 0 Å². The molecule has 1 aliphatic rings. The summed E-state index contributed by atoms with van der Waals surface area (Å²) in [5.41, 5.74) is 2.78. The Labute approximate surface area is 204 Å². The Morgan fingerprint density at radius 1 is 1.06 bits per heavy atom. The summed E-state index contributed by atoms with van der Waals surface area (Å²) in [4.78, 5) is 13.3. The van der Waals surface area contributed by atoms with Crippen LogP contribution in [0.5, 0.6) is 11.5 Å². The van der Waals surface area contributed by atoms with Crippen molar-refractivity contribution in [1.29, 1.82) is 0 Å². The average Bonchev–Trinajstić information content (AvgIpc) is 3.51. The number of amides is 1. The highest BCUT2D eigenvalue weighted by atomic mass is 16.5. The number of nitrogens with zero attached hydrogens (tertiary/aromatic N) is 1. The van der Waals surface area contributed by atoms with Crippen LogP contribution in [-0.4, -0.2) is 30.4 Å². The van der Waals surface area contributed by atoms with Crippen LogP contribution in [-0.2, 0) is 11.3 Å². The van der Waals surface area contributed by atoms with Gasteiger partial charge in [0.25, 0.3) is 5.91 Å². The Hall–Kier alpha value is -3.84. The molecule has 1 unspecified atom stereocenters. The van der Waals surface area contributed by atoms with E-state index in [1.54, 1.807) is 0 Å². The minimum Gasteiger partial charge on any atom is -0.491 e. The lowest BCUT2D eigenvalue weighted by Crippen LogP contribution is -2.16. The molecule has 7 heteroatoms. The van der Waals surface area contributed by atoms with Gasteiger partial charge in [0.1, 0.15) is 30.5 Å². The Morgan fingerprint density at radius 3 is 2.51 bits per heavy atom. The molecule has 7 nitrogen and oxygen atoms in total. The quantitative estimate of drug-likeness (QED) is 0.347. The van der Waals surface area contributed by atoms with Crippen LogP contribution in [0.2, 0.25) is 0 Å². The minimum atomic E-state index is -0.252. The van der Waals surface area contributed by atoms with Gasteiger partial charge in [0.15, 0.2) is 0 Å². The number of carbonyl (C=O) groups excluding carboxylic acids is 1. The summed E-state index contributed by atoms with van der Waals surface area (Å²) < 4.78 is 22.8. The topological polar surface area (TPSA) is 82.8 Å². The van der Waals surface area contributed by atoms with Gasteiger partial charge in [-0.3, -0.25) is 4.79 Å². The molecular weight excluding hydrogens is 444 g/mol. The molecule has 1 amide bonds. The summed E-state index contributed by atoms with van der Waals surface area (Å²) in [7, 11) is 0. The molecular formula is C28H28N2O5. The Kier molecular flexibility index (Phi) is 6.68. The van der Waals surface area contributed by atoms with E-state index in [-0.39, 0.29) is 18.6 Å². The van der Waals surface area contributed by atoms with Crippen LogP contribution in [0, 0.1) is 13.8 Å². The maximum atomic E-state index is 13.3. The summed E-state index contributed by atoms with van der Waals surface area (Å²) >= 11 is 0. The highest BCUT2D eigenvalue weighted by Crippen LogP contribution is 2.29. The van der Waals surface area contributed by atoms with E-state index in [2.05, 4.69) is 10.5 Å². The smallest absolute Gasteiger partial charge is 0.259 e. The molecule has 1 atom stereocenters. The molecule has 0 aliphatic carbocycles. The zero-order valence-electron chi connectivity index (χ0n) is 19.9. The molecule has 1 N–H and O–H groups in total. The maximum Gasteiger partial charge on any atom is 0.259 e. The van der Waals surface area contributed by atoms with Gasteiger partial charge in [-0.15, -0.1) is 0 Å². The molecule has 1 aliphatic heterocycles. The largest absolute Gasteiger partial charge is 0.491 e. The SMILES string of the molecule is Cc1noc(C)c1COc1cc2ccccc2cc1C(=O)Nc1ccc(OCC2CCCO2)cc1. The molecule has 5 rings (SSSR count). The predicted octanol–water partition coefficient (Wildman–Crippen LogP) is 5.83. The fourth-order valence-corrected chi connectivity index (χ4v) is 4.17. The molecule has 0 bridgehead atoms. The third-order valence-electron chi connectivity index (χ3n) is 6.22. The average molecular weight is 473 g/mol. The summed E-state index contributed by atoms with van der Waals surface area (Å²) in [5.74, 6) is 1.69.